The maximum Gasteiger partial charge on any atom is 0.197 e. The number of hydrogen-bond donors (Lipinski definition) is 0. The zero-order valence-electron chi connectivity index (χ0n) is 34.9. The molecule has 5 nitrogen and oxygen atoms in total. The number of nitrogens with zero attached hydrogens (tertiary/aromatic N) is 1. The van der Waals surface area contributed by atoms with E-state index in [1.54, 1.807) is 30.3 Å². The molecule has 0 atom stereocenters. The van der Waals surface area contributed by atoms with Crippen molar-refractivity contribution in [3.8, 4) is 0 Å². The van der Waals surface area contributed by atoms with E-state index in [0.717, 1.165) is 44.6 Å². The van der Waals surface area contributed by atoms with Crippen molar-refractivity contribution in [3.05, 3.63) is 286 Å². The first-order chi connectivity index (χ1) is 31.1. The third-order valence-corrected chi connectivity index (χ3v) is 11.9. The van der Waals surface area contributed by atoms with Crippen LogP contribution in [0.1, 0.15) is 59.7 Å². The van der Waals surface area contributed by atoms with Crippen LogP contribution in [0.5, 0.6) is 0 Å². The second kappa shape index (κ2) is 18.7. The Kier molecular flexibility index (Phi) is 12.1. The second-order valence-electron chi connectivity index (χ2n) is 15.6. The van der Waals surface area contributed by atoms with Crippen LogP contribution in [0.25, 0.3) is 6.08 Å². The van der Waals surface area contributed by atoms with Crippen molar-refractivity contribution >= 4 is 23.3 Å². The Hall–Kier alpha value is -7.44. The Morgan fingerprint density at radius 2 is 0.651 bits per heavy atom. The third kappa shape index (κ3) is 8.20. The smallest absolute Gasteiger partial charge is 0.197 e. The third-order valence-electron chi connectivity index (χ3n) is 11.9. The number of carbonyl (C=O) groups excluding carboxylic acids is 2. The lowest BCUT2D eigenvalue weighted by molar-refractivity contribution is 0.00967. The summed E-state index contributed by atoms with van der Waals surface area (Å²) >= 11 is 0. The van der Waals surface area contributed by atoms with Crippen molar-refractivity contribution < 1.29 is 19.1 Å². The number of ether oxygens (including phenoxy) is 2. The highest BCUT2D eigenvalue weighted by molar-refractivity contribution is 6.41. The summed E-state index contributed by atoms with van der Waals surface area (Å²) in [6.45, 7) is 1.79. The molecule has 0 saturated heterocycles. The van der Waals surface area contributed by atoms with Gasteiger partial charge in [0.1, 0.15) is 11.2 Å². The number of rotatable bonds is 16. The van der Waals surface area contributed by atoms with Crippen LogP contribution in [-0.4, -0.2) is 37.9 Å². The summed E-state index contributed by atoms with van der Waals surface area (Å²) in [5, 5.41) is 0. The fourth-order valence-corrected chi connectivity index (χ4v) is 8.88. The number of allylic oxidation sites excluding steroid dienone is 1. The van der Waals surface area contributed by atoms with Crippen LogP contribution in [-0.2, 0) is 20.7 Å². The predicted molar refractivity (Wildman–Crippen MR) is 252 cm³/mol. The van der Waals surface area contributed by atoms with Gasteiger partial charge < -0.3 is 14.4 Å². The van der Waals surface area contributed by atoms with Crippen LogP contribution < -0.4 is 4.90 Å². The molecule has 0 heterocycles. The van der Waals surface area contributed by atoms with Crippen molar-refractivity contribution in [2.45, 2.75) is 11.2 Å². The molecule has 0 aliphatic heterocycles. The molecule has 9 rings (SSSR count). The van der Waals surface area contributed by atoms with Gasteiger partial charge in [0.15, 0.2) is 11.6 Å². The summed E-state index contributed by atoms with van der Waals surface area (Å²) in [4.78, 5) is 28.8. The summed E-state index contributed by atoms with van der Waals surface area (Å²) in [5.41, 5.74) is 7.23. The highest BCUT2D eigenvalue weighted by atomic mass is 16.5. The van der Waals surface area contributed by atoms with Gasteiger partial charge in [-0.15, -0.1) is 0 Å². The molecule has 1 aliphatic rings. The summed E-state index contributed by atoms with van der Waals surface area (Å²) < 4.78 is 14.6. The molecule has 0 N–H and O–H groups in total. The van der Waals surface area contributed by atoms with Crippen molar-refractivity contribution in [2.75, 3.05) is 31.2 Å². The van der Waals surface area contributed by atoms with Gasteiger partial charge in [-0.25, -0.2) is 0 Å². The van der Waals surface area contributed by atoms with E-state index in [2.05, 4.69) is 150 Å². The van der Waals surface area contributed by atoms with E-state index in [4.69, 9.17) is 9.47 Å². The molecule has 0 fully saturated rings. The normalized spacial score (nSPS) is 12.5. The lowest BCUT2D eigenvalue weighted by Gasteiger charge is -2.38. The minimum atomic E-state index is -0.886. The predicted octanol–water partition coefficient (Wildman–Crippen LogP) is 12.0. The quantitative estimate of drug-likeness (QED) is 0.0552. The average Bonchev–Trinajstić information content (AvgIpc) is 3.60. The number of hydrogen-bond acceptors (Lipinski definition) is 5. The Labute approximate surface area is 369 Å². The molecule has 0 aromatic heterocycles. The molecule has 0 unspecified atom stereocenters. The molecule has 0 radical (unpaired) electrons. The summed E-state index contributed by atoms with van der Waals surface area (Å²) in [6, 6.07) is 77.5. The first-order valence-corrected chi connectivity index (χ1v) is 21.4. The van der Waals surface area contributed by atoms with Crippen LogP contribution in [0.2, 0.25) is 0 Å². The van der Waals surface area contributed by atoms with Crippen molar-refractivity contribution in [1.82, 2.24) is 0 Å². The van der Waals surface area contributed by atoms with Gasteiger partial charge in [0.25, 0.3) is 0 Å². The highest BCUT2D eigenvalue weighted by Crippen LogP contribution is 2.42. The fourth-order valence-electron chi connectivity index (χ4n) is 8.88. The summed E-state index contributed by atoms with van der Waals surface area (Å²) in [5.74, 6) is -0.485. The first kappa shape index (κ1) is 40.9. The van der Waals surface area contributed by atoms with Gasteiger partial charge in [0.2, 0.25) is 0 Å². The summed E-state index contributed by atoms with van der Waals surface area (Å²) in [6.07, 6.45) is 1.70. The Morgan fingerprint density at radius 3 is 0.952 bits per heavy atom. The monoisotopic (exact) mass is 821 g/mol. The Morgan fingerprint density at radius 1 is 0.365 bits per heavy atom. The maximum absolute atomic E-state index is 13.3. The van der Waals surface area contributed by atoms with E-state index in [0.29, 0.717) is 37.4 Å². The molecule has 0 spiro atoms. The number of benzene rings is 8. The van der Waals surface area contributed by atoms with Crippen LogP contribution in [0, 0.1) is 0 Å². The van der Waals surface area contributed by atoms with E-state index in [1.807, 2.05) is 60.7 Å². The van der Waals surface area contributed by atoms with Crippen LogP contribution in [0.4, 0.5) is 5.69 Å². The van der Waals surface area contributed by atoms with Crippen molar-refractivity contribution in [1.29, 1.82) is 0 Å². The fraction of sp³-hybridized carbons (Fsp3) is 0.103. The van der Waals surface area contributed by atoms with Gasteiger partial charge in [0, 0.05) is 29.9 Å². The van der Waals surface area contributed by atoms with Crippen molar-refractivity contribution in [3.63, 3.8) is 0 Å². The molecule has 63 heavy (non-hydrogen) atoms. The van der Waals surface area contributed by atoms with Crippen LogP contribution >= 0.6 is 0 Å². The highest BCUT2D eigenvalue weighted by Gasteiger charge is 2.39. The van der Waals surface area contributed by atoms with E-state index in [-0.39, 0.29) is 17.1 Å². The van der Waals surface area contributed by atoms with E-state index >= 15 is 0 Å². The SMILES string of the molecule is O=C1C(=Cc2ccc(N(CCOC(c3ccccc3)(c3ccccc3)c3ccccc3)CCOC(c3ccccc3)(c3ccccc3)c3ccccc3)cc2)C(=O)c2ccccc21. The van der Waals surface area contributed by atoms with Crippen LogP contribution in [0.3, 0.4) is 0 Å². The molecular weight excluding hydrogens is 775 g/mol. The zero-order chi connectivity index (χ0) is 42.9. The largest absolute Gasteiger partial charge is 0.367 e. The standard InChI is InChI=1S/C58H47NO4/c60-55-52-33-19-20-34-53(52)56(61)54(55)43-44-35-37-51(38-36-44)59(39-41-62-57(45-21-7-1-8-22-45,46-23-9-2-10-24-46)47-25-11-3-12-26-47)40-42-63-58(48-27-13-4-14-28-48,49-29-15-5-16-30-49)50-31-17-6-18-32-50/h1-38,43H,39-42H2. The molecular formula is C58H47NO4. The van der Waals surface area contributed by atoms with Crippen molar-refractivity contribution in [2.24, 2.45) is 0 Å². The number of carbonyl (C=O) groups is 2. The molecule has 8 aromatic carbocycles. The maximum atomic E-state index is 13.3. The van der Waals surface area contributed by atoms with Gasteiger partial charge in [-0.2, -0.15) is 0 Å². The number of Topliss-reactive ketones (excluding diaryl/α,β-unsaturated/α-hetero) is 2. The average molecular weight is 822 g/mol. The molecule has 0 bridgehead atoms. The topological polar surface area (TPSA) is 55.8 Å². The lowest BCUT2D eigenvalue weighted by atomic mass is 9.80. The molecule has 308 valence electrons. The summed E-state index contributed by atoms with van der Waals surface area (Å²) in [7, 11) is 0. The first-order valence-electron chi connectivity index (χ1n) is 21.4. The minimum Gasteiger partial charge on any atom is -0.367 e. The Bertz CT molecular complexity index is 2430. The Balaban J connectivity index is 1.06. The molecule has 0 amide bonds. The molecule has 1 aliphatic carbocycles. The molecule has 5 heteroatoms. The number of fused-ring (bicyclic) bond motifs is 1. The molecule has 8 aromatic rings. The van der Waals surface area contributed by atoms with E-state index in [9.17, 15) is 9.59 Å². The van der Waals surface area contributed by atoms with Gasteiger partial charge in [0.05, 0.1) is 18.8 Å². The van der Waals surface area contributed by atoms with Gasteiger partial charge >= 0.3 is 0 Å². The lowest BCUT2D eigenvalue weighted by Crippen LogP contribution is -2.39. The second-order valence-corrected chi connectivity index (χ2v) is 15.6. The number of anilines is 1. The van der Waals surface area contributed by atoms with Gasteiger partial charge in [-0.05, 0) is 57.2 Å². The van der Waals surface area contributed by atoms with E-state index in [1.165, 1.54) is 0 Å². The van der Waals surface area contributed by atoms with E-state index < -0.39 is 11.2 Å². The molecule has 0 saturated carbocycles. The van der Waals surface area contributed by atoms with Gasteiger partial charge in [-0.1, -0.05) is 218 Å². The zero-order valence-corrected chi connectivity index (χ0v) is 34.9. The minimum absolute atomic E-state index is 0.181. The van der Waals surface area contributed by atoms with Crippen LogP contribution in [0.15, 0.2) is 236 Å². The van der Waals surface area contributed by atoms with Gasteiger partial charge in [-0.3, -0.25) is 9.59 Å². The number of ketones is 2.